The molecule has 1 aromatic carbocycles. The van der Waals surface area contributed by atoms with Crippen molar-refractivity contribution in [2.24, 2.45) is 5.92 Å². The normalized spacial score (nSPS) is 27.1. The lowest BCUT2D eigenvalue weighted by Crippen LogP contribution is -2.61. The molecule has 0 aromatic heterocycles. The van der Waals surface area contributed by atoms with Gasteiger partial charge in [0.25, 0.3) is 0 Å². The Morgan fingerprint density at radius 1 is 1.26 bits per heavy atom. The molecule has 2 saturated heterocycles. The molecular formula is C19H29N3O4S. The zero-order valence-corrected chi connectivity index (χ0v) is 16.8. The molecule has 1 aromatic rings. The molecule has 0 radical (unpaired) electrons. The summed E-state index contributed by atoms with van der Waals surface area (Å²) in [4.78, 5) is 14.3. The van der Waals surface area contributed by atoms with Crippen LogP contribution >= 0.6 is 0 Å². The zero-order chi connectivity index (χ0) is 19.7. The number of nitrogens with zero attached hydrogens (tertiary/aromatic N) is 2. The summed E-state index contributed by atoms with van der Waals surface area (Å²) < 4.78 is 25.1. The third kappa shape index (κ3) is 4.87. The predicted molar refractivity (Wildman–Crippen MR) is 104 cm³/mol. The molecule has 2 heterocycles. The highest BCUT2D eigenvalue weighted by molar-refractivity contribution is 7.88. The number of amides is 1. The first-order chi connectivity index (χ1) is 12.7. The number of carbonyl (C=O) groups excluding carboxylic acids is 1. The van der Waals surface area contributed by atoms with E-state index in [1.165, 1.54) is 10.6 Å². The first kappa shape index (κ1) is 20.3. The number of piperidine rings is 2. The third-order valence-corrected chi connectivity index (χ3v) is 7.16. The van der Waals surface area contributed by atoms with E-state index in [9.17, 15) is 18.3 Å². The lowest BCUT2D eigenvalue weighted by Gasteiger charge is -2.49. The van der Waals surface area contributed by atoms with Gasteiger partial charge in [0.1, 0.15) is 0 Å². The molecule has 150 valence electrons. The Kier molecular flexibility index (Phi) is 5.90. The maximum Gasteiger partial charge on any atom is 0.234 e. The molecule has 0 spiro atoms. The highest BCUT2D eigenvalue weighted by atomic mass is 32.2. The fraction of sp³-hybridized carbons (Fsp3) is 0.632. The molecule has 2 aliphatic rings. The van der Waals surface area contributed by atoms with Gasteiger partial charge in [-0.3, -0.25) is 9.69 Å². The zero-order valence-electron chi connectivity index (χ0n) is 16.0. The summed E-state index contributed by atoms with van der Waals surface area (Å²) >= 11 is 0. The standard InChI is InChI=1S/C19H29N3O4S/c1-15-5-3-4-6-16(15)11-20-18(23)14-21-9-7-19(24)8-10-22(27(2,25)26)13-17(19)12-21/h3-6,17,24H,7-14H2,1-2H3,(H,20,23)/t17-,19-/m1/s1. The fourth-order valence-electron chi connectivity index (χ4n) is 4.05. The van der Waals surface area contributed by atoms with Gasteiger partial charge in [-0.15, -0.1) is 0 Å². The van der Waals surface area contributed by atoms with Crippen LogP contribution in [0, 0.1) is 12.8 Å². The summed E-state index contributed by atoms with van der Waals surface area (Å²) in [6.07, 6.45) is 2.23. The van der Waals surface area contributed by atoms with Gasteiger partial charge in [-0.1, -0.05) is 24.3 Å². The van der Waals surface area contributed by atoms with Gasteiger partial charge in [0, 0.05) is 38.6 Å². The predicted octanol–water partition coefficient (Wildman–Crippen LogP) is 0.330. The summed E-state index contributed by atoms with van der Waals surface area (Å²) in [5.41, 5.74) is 1.41. The van der Waals surface area contributed by atoms with E-state index in [1.807, 2.05) is 36.1 Å². The molecule has 7 nitrogen and oxygen atoms in total. The number of sulfonamides is 1. The number of aliphatic hydroxyl groups is 1. The molecule has 2 fully saturated rings. The Hall–Kier alpha value is -1.48. The van der Waals surface area contributed by atoms with E-state index in [2.05, 4.69) is 5.32 Å². The minimum Gasteiger partial charge on any atom is -0.389 e. The molecule has 0 aliphatic carbocycles. The number of aryl methyl sites for hydroxylation is 1. The van der Waals surface area contributed by atoms with Crippen LogP contribution in [0.15, 0.2) is 24.3 Å². The molecule has 0 saturated carbocycles. The molecule has 8 heteroatoms. The number of rotatable bonds is 5. The van der Waals surface area contributed by atoms with Crippen LogP contribution < -0.4 is 5.32 Å². The number of likely N-dealkylation sites (tertiary alicyclic amines) is 1. The van der Waals surface area contributed by atoms with E-state index < -0.39 is 15.6 Å². The Morgan fingerprint density at radius 2 is 1.96 bits per heavy atom. The summed E-state index contributed by atoms with van der Waals surface area (Å²) in [6.45, 7) is 4.62. The van der Waals surface area contributed by atoms with Crippen LogP contribution in [0.1, 0.15) is 24.0 Å². The second-order valence-corrected chi connectivity index (χ2v) is 9.84. The average Bonchev–Trinajstić information content (AvgIpc) is 2.60. The maximum atomic E-state index is 12.3. The molecule has 1 amide bonds. The van der Waals surface area contributed by atoms with Crippen LogP contribution in [0.25, 0.3) is 0 Å². The van der Waals surface area contributed by atoms with E-state index in [4.69, 9.17) is 0 Å². The van der Waals surface area contributed by atoms with E-state index >= 15 is 0 Å². The number of hydrogen-bond donors (Lipinski definition) is 2. The number of hydrogen-bond acceptors (Lipinski definition) is 5. The van der Waals surface area contributed by atoms with Crippen LogP contribution in [0.4, 0.5) is 0 Å². The first-order valence-electron chi connectivity index (χ1n) is 9.38. The van der Waals surface area contributed by atoms with Crippen molar-refractivity contribution in [1.82, 2.24) is 14.5 Å². The van der Waals surface area contributed by atoms with E-state index in [0.29, 0.717) is 45.6 Å². The summed E-state index contributed by atoms with van der Waals surface area (Å²) in [5, 5.41) is 13.8. The quantitative estimate of drug-likeness (QED) is 0.750. The monoisotopic (exact) mass is 395 g/mol. The van der Waals surface area contributed by atoms with Gasteiger partial charge >= 0.3 is 0 Å². The lowest BCUT2D eigenvalue weighted by molar-refractivity contribution is -0.128. The SMILES string of the molecule is Cc1ccccc1CNC(=O)CN1CC[C@@]2(O)CCN(S(C)(=O)=O)C[C@H]2C1. The van der Waals surface area contributed by atoms with Crippen LogP contribution in [0.5, 0.6) is 0 Å². The molecule has 27 heavy (non-hydrogen) atoms. The third-order valence-electron chi connectivity index (χ3n) is 5.89. The fourth-order valence-corrected chi connectivity index (χ4v) is 4.92. The maximum absolute atomic E-state index is 12.3. The van der Waals surface area contributed by atoms with Crippen molar-refractivity contribution < 1.29 is 18.3 Å². The van der Waals surface area contributed by atoms with Crippen LogP contribution in [0.2, 0.25) is 0 Å². The van der Waals surface area contributed by atoms with Crippen LogP contribution in [0.3, 0.4) is 0 Å². The smallest absolute Gasteiger partial charge is 0.234 e. The molecular weight excluding hydrogens is 366 g/mol. The van der Waals surface area contributed by atoms with Crippen LogP contribution in [-0.4, -0.2) is 73.2 Å². The van der Waals surface area contributed by atoms with E-state index in [0.717, 1.165) is 11.1 Å². The molecule has 3 rings (SSSR count). The number of fused-ring (bicyclic) bond motifs is 1. The van der Waals surface area contributed by atoms with Crippen molar-refractivity contribution in [3.63, 3.8) is 0 Å². The van der Waals surface area contributed by atoms with Crippen LogP contribution in [-0.2, 0) is 21.4 Å². The summed E-state index contributed by atoms with van der Waals surface area (Å²) in [5.74, 6) is -0.224. The highest BCUT2D eigenvalue weighted by Crippen LogP contribution is 2.36. The van der Waals surface area contributed by atoms with Gasteiger partial charge in [-0.05, 0) is 30.9 Å². The van der Waals surface area contributed by atoms with Crippen molar-refractivity contribution in [2.45, 2.75) is 31.9 Å². The first-order valence-corrected chi connectivity index (χ1v) is 11.2. The second-order valence-electron chi connectivity index (χ2n) is 7.86. The lowest BCUT2D eigenvalue weighted by atomic mass is 9.76. The van der Waals surface area contributed by atoms with Crippen molar-refractivity contribution in [2.75, 3.05) is 39.0 Å². The Labute approximate surface area is 161 Å². The van der Waals surface area contributed by atoms with Crippen molar-refractivity contribution in [1.29, 1.82) is 0 Å². The summed E-state index contributed by atoms with van der Waals surface area (Å²) in [7, 11) is -3.26. The highest BCUT2D eigenvalue weighted by Gasteiger charge is 2.46. The van der Waals surface area contributed by atoms with Gasteiger partial charge in [0.2, 0.25) is 15.9 Å². The molecule has 0 unspecified atom stereocenters. The van der Waals surface area contributed by atoms with Gasteiger partial charge in [0.15, 0.2) is 0 Å². The van der Waals surface area contributed by atoms with Crippen molar-refractivity contribution >= 4 is 15.9 Å². The molecule has 2 atom stereocenters. The minimum atomic E-state index is -3.26. The van der Waals surface area contributed by atoms with Gasteiger partial charge in [-0.2, -0.15) is 0 Å². The largest absolute Gasteiger partial charge is 0.389 e. The Balaban J connectivity index is 1.54. The Bertz CT molecular complexity index is 798. The topological polar surface area (TPSA) is 90.0 Å². The second kappa shape index (κ2) is 7.87. The molecule has 2 aliphatic heterocycles. The number of nitrogens with one attached hydrogen (secondary N) is 1. The average molecular weight is 396 g/mol. The number of benzene rings is 1. The molecule has 0 bridgehead atoms. The Morgan fingerprint density at radius 3 is 2.67 bits per heavy atom. The van der Waals surface area contributed by atoms with Gasteiger partial charge in [-0.25, -0.2) is 12.7 Å². The van der Waals surface area contributed by atoms with E-state index in [-0.39, 0.29) is 18.4 Å². The van der Waals surface area contributed by atoms with Gasteiger partial charge < -0.3 is 10.4 Å². The van der Waals surface area contributed by atoms with Gasteiger partial charge in [0.05, 0.1) is 18.4 Å². The minimum absolute atomic E-state index is 0.0560. The van der Waals surface area contributed by atoms with E-state index in [1.54, 1.807) is 0 Å². The van der Waals surface area contributed by atoms with Crippen molar-refractivity contribution in [3.8, 4) is 0 Å². The van der Waals surface area contributed by atoms with Crippen molar-refractivity contribution in [3.05, 3.63) is 35.4 Å². The molecule has 2 N–H and O–H groups in total. The summed E-state index contributed by atoms with van der Waals surface area (Å²) in [6, 6.07) is 7.94. The number of carbonyl (C=O) groups is 1.